The van der Waals surface area contributed by atoms with E-state index in [-0.39, 0.29) is 41.9 Å². The third kappa shape index (κ3) is 5.40. The van der Waals surface area contributed by atoms with Crippen LogP contribution in [0.1, 0.15) is 37.7 Å². The molecule has 11 heteroatoms. The molecule has 1 aliphatic heterocycles. The lowest BCUT2D eigenvalue weighted by atomic mass is 9.90. The van der Waals surface area contributed by atoms with Crippen molar-refractivity contribution < 1.29 is 31.9 Å². The largest absolute Gasteiger partial charge is 0.484 e. The fourth-order valence-electron chi connectivity index (χ4n) is 4.31. The molecule has 3 amide bonds. The second-order valence-electron chi connectivity index (χ2n) is 8.32. The van der Waals surface area contributed by atoms with Gasteiger partial charge in [-0.3, -0.25) is 9.69 Å². The van der Waals surface area contributed by atoms with E-state index in [2.05, 4.69) is 10.3 Å². The maximum absolute atomic E-state index is 13.2. The molecule has 4 rings (SSSR count). The Hall–Kier alpha value is -3.37. The van der Waals surface area contributed by atoms with Crippen LogP contribution in [0.25, 0.3) is 0 Å². The molecule has 2 aromatic rings. The van der Waals surface area contributed by atoms with Gasteiger partial charge in [0.15, 0.2) is 18.2 Å². The van der Waals surface area contributed by atoms with Crippen molar-refractivity contribution in [1.29, 1.82) is 0 Å². The van der Waals surface area contributed by atoms with Gasteiger partial charge in [-0.1, -0.05) is 0 Å². The number of hydrogen-bond donors (Lipinski definition) is 1. The zero-order valence-corrected chi connectivity index (χ0v) is 18.2. The summed E-state index contributed by atoms with van der Waals surface area (Å²) < 4.78 is 56.8. The number of nitrogens with zero attached hydrogens (tertiary/aromatic N) is 3. The molecule has 1 N–H and O–H groups in total. The summed E-state index contributed by atoms with van der Waals surface area (Å²) in [6, 6.07) is 5.50. The minimum Gasteiger partial charge on any atom is -0.484 e. The summed E-state index contributed by atoms with van der Waals surface area (Å²) in [5.74, 6) is -2.00. The number of urea groups is 1. The Kier molecular flexibility index (Phi) is 7.18. The molecule has 1 saturated carbocycles. The van der Waals surface area contributed by atoms with Crippen LogP contribution >= 0.6 is 0 Å². The fraction of sp³-hybridized carbons (Fsp3) is 0.435. The van der Waals surface area contributed by atoms with Gasteiger partial charge in [0.1, 0.15) is 11.6 Å². The Morgan fingerprint density at radius 3 is 2.50 bits per heavy atom. The van der Waals surface area contributed by atoms with Gasteiger partial charge in [0.05, 0.1) is 0 Å². The van der Waals surface area contributed by atoms with Crippen molar-refractivity contribution in [2.24, 2.45) is 0 Å². The van der Waals surface area contributed by atoms with E-state index in [1.54, 1.807) is 4.90 Å². The quantitative estimate of drug-likeness (QED) is 0.607. The van der Waals surface area contributed by atoms with Crippen molar-refractivity contribution >= 4 is 17.8 Å². The Labute approximate surface area is 193 Å². The molecule has 182 valence electrons. The first-order chi connectivity index (χ1) is 16.3. The van der Waals surface area contributed by atoms with Crippen LogP contribution in [0.3, 0.4) is 0 Å². The molecule has 7 nitrogen and oxygen atoms in total. The monoisotopic (exact) mass is 480 g/mol. The molecule has 0 radical (unpaired) electrons. The summed E-state index contributed by atoms with van der Waals surface area (Å²) in [6.07, 6.45) is 1.22. The Morgan fingerprint density at radius 2 is 1.85 bits per heavy atom. The maximum atomic E-state index is 13.2. The lowest BCUT2D eigenvalue weighted by Gasteiger charge is -2.34. The molecule has 2 aliphatic rings. The molecule has 0 unspecified atom stereocenters. The maximum Gasteiger partial charge on any atom is 0.326 e. The molecule has 1 saturated heterocycles. The van der Waals surface area contributed by atoms with Crippen LogP contribution in [0.4, 0.5) is 28.2 Å². The molecule has 34 heavy (non-hydrogen) atoms. The number of nitrogens with one attached hydrogen (secondary N) is 1. The molecule has 0 bridgehead atoms. The van der Waals surface area contributed by atoms with Crippen LogP contribution in [-0.2, 0) is 4.79 Å². The highest BCUT2D eigenvalue weighted by atomic mass is 19.3. The Balaban J connectivity index is 1.23. The molecule has 1 aromatic carbocycles. The minimum absolute atomic E-state index is 0.0180. The standard InChI is InChI=1S/C23H24F4N4O3/c24-18-7-6-17(11-19(18)25)34-13-21(32)29-15-2-4-16(5-3-15)30-9-10-31(23(30)33)20-8-1-14(12-28-20)22(26)27/h1,6-8,11-12,15-16,22H,2-5,9-10,13H2,(H,29,32)/t15-,16-. The van der Waals surface area contributed by atoms with Gasteiger partial charge < -0.3 is 15.0 Å². The zero-order chi connectivity index (χ0) is 24.2. The van der Waals surface area contributed by atoms with E-state index in [1.165, 1.54) is 23.1 Å². The zero-order valence-electron chi connectivity index (χ0n) is 18.2. The van der Waals surface area contributed by atoms with E-state index in [1.807, 2.05) is 0 Å². The molecule has 1 aromatic heterocycles. The number of halogens is 4. The van der Waals surface area contributed by atoms with Crippen LogP contribution in [0, 0.1) is 11.6 Å². The van der Waals surface area contributed by atoms with Crippen LogP contribution < -0.4 is 15.0 Å². The first-order valence-corrected chi connectivity index (χ1v) is 11.0. The molecule has 2 fully saturated rings. The number of carbonyl (C=O) groups is 2. The molecule has 1 aliphatic carbocycles. The smallest absolute Gasteiger partial charge is 0.326 e. The molecule has 0 atom stereocenters. The van der Waals surface area contributed by atoms with E-state index < -0.39 is 18.1 Å². The van der Waals surface area contributed by atoms with Crippen LogP contribution in [0.2, 0.25) is 0 Å². The lowest BCUT2D eigenvalue weighted by molar-refractivity contribution is -0.124. The van der Waals surface area contributed by atoms with Crippen LogP contribution in [-0.4, -0.2) is 53.6 Å². The minimum atomic E-state index is -2.61. The van der Waals surface area contributed by atoms with E-state index >= 15 is 0 Å². The Morgan fingerprint density at radius 1 is 1.09 bits per heavy atom. The molecule has 0 spiro atoms. The predicted molar refractivity (Wildman–Crippen MR) is 115 cm³/mol. The van der Waals surface area contributed by atoms with Crippen molar-refractivity contribution in [3.05, 3.63) is 53.7 Å². The summed E-state index contributed by atoms with van der Waals surface area (Å²) >= 11 is 0. The van der Waals surface area contributed by atoms with Gasteiger partial charge in [-0.05, 0) is 49.9 Å². The number of aromatic nitrogens is 1. The van der Waals surface area contributed by atoms with Gasteiger partial charge in [0, 0.05) is 43.0 Å². The highest BCUT2D eigenvalue weighted by Crippen LogP contribution is 2.29. The second kappa shape index (κ2) is 10.3. The van der Waals surface area contributed by atoms with Crippen LogP contribution in [0.15, 0.2) is 36.5 Å². The lowest BCUT2D eigenvalue weighted by Crippen LogP contribution is -2.46. The molecule has 2 heterocycles. The van der Waals surface area contributed by atoms with Gasteiger partial charge in [0.2, 0.25) is 0 Å². The average Bonchev–Trinajstić information content (AvgIpc) is 3.21. The topological polar surface area (TPSA) is 74.8 Å². The number of rotatable bonds is 7. The Bertz CT molecular complexity index is 1030. The third-order valence-electron chi connectivity index (χ3n) is 6.10. The van der Waals surface area contributed by atoms with Gasteiger partial charge in [-0.15, -0.1) is 0 Å². The number of amides is 3. The first kappa shape index (κ1) is 23.8. The first-order valence-electron chi connectivity index (χ1n) is 11.0. The van der Waals surface area contributed by atoms with Gasteiger partial charge in [-0.2, -0.15) is 0 Å². The van der Waals surface area contributed by atoms with E-state index in [9.17, 15) is 27.2 Å². The number of hydrogen-bond acceptors (Lipinski definition) is 4. The van der Waals surface area contributed by atoms with Crippen molar-refractivity contribution in [2.75, 3.05) is 24.6 Å². The number of benzene rings is 1. The summed E-state index contributed by atoms with van der Waals surface area (Å²) in [6.45, 7) is 0.626. The van der Waals surface area contributed by atoms with Gasteiger partial charge in [-0.25, -0.2) is 27.3 Å². The van der Waals surface area contributed by atoms with Crippen molar-refractivity contribution in [1.82, 2.24) is 15.2 Å². The summed E-state index contributed by atoms with van der Waals surface area (Å²) in [7, 11) is 0. The normalized spacial score (nSPS) is 20.7. The fourth-order valence-corrected chi connectivity index (χ4v) is 4.31. The molecular formula is C23H24F4N4O3. The third-order valence-corrected chi connectivity index (χ3v) is 6.10. The number of ether oxygens (including phenoxy) is 1. The SMILES string of the molecule is O=C(COc1ccc(F)c(F)c1)N[C@H]1CC[C@H](N2CCN(c3ccc(C(F)F)cn3)C2=O)CC1. The van der Waals surface area contributed by atoms with Gasteiger partial charge >= 0.3 is 6.03 Å². The summed E-state index contributed by atoms with van der Waals surface area (Å²) in [5, 5.41) is 2.87. The van der Waals surface area contributed by atoms with E-state index in [0.717, 1.165) is 18.3 Å². The van der Waals surface area contributed by atoms with E-state index in [0.29, 0.717) is 44.6 Å². The number of alkyl halides is 2. The summed E-state index contributed by atoms with van der Waals surface area (Å²) in [5.41, 5.74) is -0.192. The average molecular weight is 480 g/mol. The second-order valence-corrected chi connectivity index (χ2v) is 8.32. The predicted octanol–water partition coefficient (Wildman–Crippen LogP) is 4.05. The number of anilines is 1. The highest BCUT2D eigenvalue weighted by Gasteiger charge is 2.37. The van der Waals surface area contributed by atoms with Crippen molar-refractivity contribution in [3.63, 3.8) is 0 Å². The summed E-state index contributed by atoms with van der Waals surface area (Å²) in [4.78, 5) is 32.3. The van der Waals surface area contributed by atoms with Crippen LogP contribution in [0.5, 0.6) is 5.75 Å². The van der Waals surface area contributed by atoms with E-state index in [4.69, 9.17) is 4.74 Å². The number of carbonyl (C=O) groups excluding carboxylic acids is 2. The van der Waals surface area contributed by atoms with Crippen molar-refractivity contribution in [3.8, 4) is 5.75 Å². The number of pyridine rings is 1. The highest BCUT2D eigenvalue weighted by molar-refractivity contribution is 5.93. The van der Waals surface area contributed by atoms with Crippen molar-refractivity contribution in [2.45, 2.75) is 44.2 Å². The molecular weight excluding hydrogens is 456 g/mol. The van der Waals surface area contributed by atoms with Gasteiger partial charge in [0.25, 0.3) is 12.3 Å².